The smallest absolute Gasteiger partial charge is 0.163 e. The van der Waals surface area contributed by atoms with Crippen molar-refractivity contribution in [2.75, 3.05) is 5.32 Å². The third kappa shape index (κ3) is 2.14. The first-order valence-corrected chi connectivity index (χ1v) is 7.83. The number of carbonyl (C=O) groups excluding carboxylic acids is 1. The SMILES string of the molecule is N#Cc1cnn2c1NC1=C(C(=O)CCC1)[C@H]2c1cccc(Cl)c1. The lowest BCUT2D eigenvalue weighted by atomic mass is 9.85. The summed E-state index contributed by atoms with van der Waals surface area (Å²) in [5.41, 5.74) is 3.01. The molecule has 0 fully saturated rings. The van der Waals surface area contributed by atoms with E-state index in [-0.39, 0.29) is 11.8 Å². The first-order chi connectivity index (χ1) is 11.2. The van der Waals surface area contributed by atoms with E-state index in [1.807, 2.05) is 18.2 Å². The van der Waals surface area contributed by atoms with E-state index in [9.17, 15) is 10.1 Å². The third-order valence-corrected chi connectivity index (χ3v) is 4.56. The highest BCUT2D eigenvalue weighted by Crippen LogP contribution is 2.41. The Balaban J connectivity index is 1.96. The van der Waals surface area contributed by atoms with Gasteiger partial charge in [-0.25, -0.2) is 4.68 Å². The molecule has 2 aromatic rings. The van der Waals surface area contributed by atoms with E-state index in [4.69, 9.17) is 11.6 Å². The lowest BCUT2D eigenvalue weighted by Gasteiger charge is -2.33. The number of ketones is 1. The Hall–Kier alpha value is -2.58. The van der Waals surface area contributed by atoms with Gasteiger partial charge in [-0.05, 0) is 30.5 Å². The number of aromatic nitrogens is 2. The Morgan fingerprint density at radius 3 is 3.04 bits per heavy atom. The molecule has 0 saturated heterocycles. The number of nitrogens with zero attached hydrogens (tertiary/aromatic N) is 3. The Labute approximate surface area is 138 Å². The molecule has 0 unspecified atom stereocenters. The molecule has 4 rings (SSSR count). The molecular weight excluding hydrogens is 312 g/mol. The zero-order valence-electron chi connectivity index (χ0n) is 12.2. The molecule has 0 saturated carbocycles. The minimum atomic E-state index is -0.338. The van der Waals surface area contributed by atoms with Gasteiger partial charge in [-0.2, -0.15) is 10.4 Å². The number of anilines is 1. The molecular formula is C17H13ClN4O. The summed E-state index contributed by atoms with van der Waals surface area (Å²) < 4.78 is 1.71. The van der Waals surface area contributed by atoms with Crippen molar-refractivity contribution >= 4 is 23.2 Å². The second kappa shape index (κ2) is 5.25. The Morgan fingerprint density at radius 1 is 1.39 bits per heavy atom. The van der Waals surface area contributed by atoms with E-state index in [1.165, 1.54) is 6.20 Å². The van der Waals surface area contributed by atoms with Crippen LogP contribution in [0, 0.1) is 11.3 Å². The van der Waals surface area contributed by atoms with Crippen LogP contribution in [0.4, 0.5) is 5.82 Å². The number of carbonyl (C=O) groups is 1. The van der Waals surface area contributed by atoms with Crippen molar-refractivity contribution in [3.8, 4) is 6.07 Å². The maximum Gasteiger partial charge on any atom is 0.163 e. The summed E-state index contributed by atoms with van der Waals surface area (Å²) >= 11 is 6.14. The summed E-state index contributed by atoms with van der Waals surface area (Å²) in [6, 6.07) is 9.26. The van der Waals surface area contributed by atoms with Crippen molar-refractivity contribution < 1.29 is 4.79 Å². The van der Waals surface area contributed by atoms with E-state index in [1.54, 1.807) is 10.7 Å². The Morgan fingerprint density at radius 2 is 2.26 bits per heavy atom. The molecule has 114 valence electrons. The summed E-state index contributed by atoms with van der Waals surface area (Å²) in [5, 5.41) is 17.5. The van der Waals surface area contributed by atoms with Crippen molar-refractivity contribution in [2.45, 2.75) is 25.3 Å². The number of benzene rings is 1. The van der Waals surface area contributed by atoms with Gasteiger partial charge in [-0.3, -0.25) is 4.79 Å². The maximum atomic E-state index is 12.5. The van der Waals surface area contributed by atoms with Crippen LogP contribution in [0.25, 0.3) is 0 Å². The highest BCUT2D eigenvalue weighted by molar-refractivity contribution is 6.30. The number of allylic oxidation sites excluding steroid dienone is 2. The first-order valence-electron chi connectivity index (χ1n) is 7.45. The largest absolute Gasteiger partial charge is 0.342 e. The normalized spacial score (nSPS) is 19.7. The monoisotopic (exact) mass is 324 g/mol. The van der Waals surface area contributed by atoms with Gasteiger partial charge in [0, 0.05) is 22.7 Å². The van der Waals surface area contributed by atoms with Crippen LogP contribution in [0.15, 0.2) is 41.7 Å². The van der Waals surface area contributed by atoms with Crippen LogP contribution < -0.4 is 5.32 Å². The summed E-state index contributed by atoms with van der Waals surface area (Å²) in [7, 11) is 0. The number of hydrogen-bond donors (Lipinski definition) is 1. The maximum absolute atomic E-state index is 12.5. The molecule has 1 atom stereocenters. The average molecular weight is 325 g/mol. The lowest BCUT2D eigenvalue weighted by molar-refractivity contribution is -0.116. The van der Waals surface area contributed by atoms with Crippen LogP contribution in [-0.2, 0) is 4.79 Å². The Kier molecular flexibility index (Phi) is 3.21. The van der Waals surface area contributed by atoms with E-state index >= 15 is 0 Å². The lowest BCUT2D eigenvalue weighted by Crippen LogP contribution is -2.31. The molecule has 1 aliphatic heterocycles. The molecule has 1 aliphatic carbocycles. The molecule has 0 amide bonds. The second-order valence-electron chi connectivity index (χ2n) is 5.71. The standard InChI is InChI=1S/C17H13ClN4O/c18-12-4-1-3-10(7-12)16-15-13(5-2-6-14(15)23)21-17-11(8-19)9-20-22(16)17/h1,3-4,7,9,16,21H,2,5-6H2/t16-/m1/s1. The summed E-state index contributed by atoms with van der Waals surface area (Å²) in [6.45, 7) is 0. The molecule has 0 spiro atoms. The fourth-order valence-electron chi connectivity index (χ4n) is 3.32. The zero-order chi connectivity index (χ0) is 16.0. The van der Waals surface area contributed by atoms with Gasteiger partial charge in [0.2, 0.25) is 0 Å². The number of nitrogens with one attached hydrogen (secondary N) is 1. The van der Waals surface area contributed by atoms with Gasteiger partial charge in [0.1, 0.15) is 23.5 Å². The molecule has 1 N–H and O–H groups in total. The van der Waals surface area contributed by atoms with Crippen LogP contribution in [0.5, 0.6) is 0 Å². The predicted octanol–water partition coefficient (Wildman–Crippen LogP) is 3.43. The van der Waals surface area contributed by atoms with Gasteiger partial charge in [0.05, 0.1) is 6.20 Å². The molecule has 5 nitrogen and oxygen atoms in total. The Bertz CT molecular complexity index is 890. The zero-order valence-corrected chi connectivity index (χ0v) is 13.0. The van der Waals surface area contributed by atoms with Crippen LogP contribution in [0.3, 0.4) is 0 Å². The summed E-state index contributed by atoms with van der Waals surface area (Å²) in [5.74, 6) is 0.773. The topological polar surface area (TPSA) is 70.7 Å². The molecule has 1 aromatic carbocycles. The molecule has 2 aliphatic rings. The van der Waals surface area contributed by atoms with Crippen LogP contribution in [0.1, 0.15) is 36.4 Å². The van der Waals surface area contributed by atoms with Crippen molar-refractivity contribution in [2.24, 2.45) is 0 Å². The van der Waals surface area contributed by atoms with E-state index in [2.05, 4.69) is 16.5 Å². The molecule has 23 heavy (non-hydrogen) atoms. The van der Waals surface area contributed by atoms with E-state index in [0.29, 0.717) is 22.8 Å². The van der Waals surface area contributed by atoms with Crippen LogP contribution in [0.2, 0.25) is 5.02 Å². The van der Waals surface area contributed by atoms with Gasteiger partial charge in [-0.1, -0.05) is 23.7 Å². The first kappa shape index (κ1) is 14.0. The number of nitriles is 1. The van der Waals surface area contributed by atoms with Crippen molar-refractivity contribution in [1.29, 1.82) is 5.26 Å². The summed E-state index contributed by atoms with van der Waals surface area (Å²) in [6.07, 6.45) is 3.69. The number of hydrogen-bond acceptors (Lipinski definition) is 4. The van der Waals surface area contributed by atoms with Gasteiger partial charge in [0.25, 0.3) is 0 Å². The highest BCUT2D eigenvalue weighted by atomic mass is 35.5. The predicted molar refractivity (Wildman–Crippen MR) is 86.0 cm³/mol. The van der Waals surface area contributed by atoms with E-state index < -0.39 is 0 Å². The van der Waals surface area contributed by atoms with Crippen molar-refractivity contribution in [3.05, 3.63) is 57.9 Å². The van der Waals surface area contributed by atoms with Gasteiger partial charge < -0.3 is 5.32 Å². The number of Topliss-reactive ketones (excluding diaryl/α,β-unsaturated/α-hetero) is 1. The summed E-state index contributed by atoms with van der Waals surface area (Å²) in [4.78, 5) is 12.5. The minimum absolute atomic E-state index is 0.128. The van der Waals surface area contributed by atoms with E-state index in [0.717, 1.165) is 29.7 Å². The van der Waals surface area contributed by atoms with Crippen LogP contribution in [-0.4, -0.2) is 15.6 Å². The highest BCUT2D eigenvalue weighted by Gasteiger charge is 2.36. The van der Waals surface area contributed by atoms with Crippen LogP contribution >= 0.6 is 11.6 Å². The van der Waals surface area contributed by atoms with Gasteiger partial charge in [-0.15, -0.1) is 0 Å². The number of halogens is 1. The molecule has 0 bridgehead atoms. The molecule has 1 aromatic heterocycles. The van der Waals surface area contributed by atoms with Gasteiger partial charge in [0.15, 0.2) is 5.78 Å². The van der Waals surface area contributed by atoms with Gasteiger partial charge >= 0.3 is 0 Å². The molecule has 6 heteroatoms. The van der Waals surface area contributed by atoms with Crippen molar-refractivity contribution in [3.63, 3.8) is 0 Å². The molecule has 2 heterocycles. The molecule has 0 radical (unpaired) electrons. The third-order valence-electron chi connectivity index (χ3n) is 4.32. The van der Waals surface area contributed by atoms with Crippen molar-refractivity contribution in [1.82, 2.24) is 9.78 Å². The fourth-order valence-corrected chi connectivity index (χ4v) is 3.52. The number of rotatable bonds is 1. The fraction of sp³-hybridized carbons (Fsp3) is 0.235. The second-order valence-corrected chi connectivity index (χ2v) is 6.15. The quantitative estimate of drug-likeness (QED) is 0.872. The number of fused-ring (bicyclic) bond motifs is 1. The minimum Gasteiger partial charge on any atom is -0.342 e. The average Bonchev–Trinajstić information content (AvgIpc) is 2.95.